The number of carbonyl (C=O) groups excluding carboxylic acids is 2. The van der Waals surface area contributed by atoms with Crippen LogP contribution in [-0.4, -0.2) is 49.6 Å². The fourth-order valence-electron chi connectivity index (χ4n) is 5.94. The molecule has 2 N–H and O–H groups in total. The molecule has 162 valence electrons. The van der Waals surface area contributed by atoms with Gasteiger partial charge in [0.1, 0.15) is 32.2 Å². The molecule has 0 unspecified atom stereocenters. The Bertz CT molecular complexity index is 845. The van der Waals surface area contributed by atoms with Gasteiger partial charge in [-0.25, -0.2) is 4.90 Å². The van der Waals surface area contributed by atoms with Crippen molar-refractivity contribution in [1.29, 1.82) is 0 Å². The lowest BCUT2D eigenvalue weighted by Gasteiger charge is -2.36. The summed E-state index contributed by atoms with van der Waals surface area (Å²) in [5.74, 6) is 0.132. The Labute approximate surface area is 184 Å². The second-order valence-corrected chi connectivity index (χ2v) is 9.42. The van der Waals surface area contributed by atoms with E-state index in [1.54, 1.807) is 9.80 Å². The summed E-state index contributed by atoms with van der Waals surface area (Å²) < 4.78 is 0. The molecule has 1 aliphatic carbocycles. The molecule has 2 amide bonds. The number of rotatable bonds is 5. The van der Waals surface area contributed by atoms with Gasteiger partial charge in [-0.2, -0.15) is 0 Å². The monoisotopic (exact) mass is 419 g/mol. The van der Waals surface area contributed by atoms with Crippen LogP contribution in [-0.2, 0) is 9.59 Å². The van der Waals surface area contributed by atoms with Crippen molar-refractivity contribution in [3.8, 4) is 0 Å². The van der Waals surface area contributed by atoms with Gasteiger partial charge in [0.25, 0.3) is 0 Å². The molecular weight excluding hydrogens is 386 g/mol. The summed E-state index contributed by atoms with van der Waals surface area (Å²) in [4.78, 5) is 30.2. The first kappa shape index (κ1) is 20.4. The average Bonchev–Trinajstić information content (AvgIpc) is 3.07. The van der Waals surface area contributed by atoms with E-state index in [9.17, 15) is 9.59 Å². The van der Waals surface area contributed by atoms with Gasteiger partial charge in [-0.05, 0) is 12.8 Å². The van der Waals surface area contributed by atoms with Crippen molar-refractivity contribution in [3.05, 3.63) is 71.8 Å². The van der Waals surface area contributed by atoms with E-state index in [1.807, 2.05) is 0 Å². The van der Waals surface area contributed by atoms with E-state index < -0.39 is 0 Å². The number of quaternary nitrogens is 2. The van der Waals surface area contributed by atoms with E-state index in [-0.39, 0.29) is 23.7 Å². The highest BCUT2D eigenvalue weighted by molar-refractivity contribution is 6.05. The highest BCUT2D eigenvalue weighted by Crippen LogP contribution is 2.37. The highest BCUT2D eigenvalue weighted by Gasteiger charge is 2.49. The molecule has 0 bridgehead atoms. The average molecular weight is 420 g/mol. The molecular formula is C26H33N3O2+2. The van der Waals surface area contributed by atoms with Gasteiger partial charge in [-0.1, -0.05) is 73.5 Å². The Hall–Kier alpha value is -2.50. The first-order valence-electron chi connectivity index (χ1n) is 11.9. The normalized spacial score (nSPS) is 28.7. The standard InChI is InChI=1S/C26H31N3O2/c30-25-22-13-7-8-14-23(22)26(31)29(25)19-27-15-17-28(18-16-27)24(20-9-3-1-4-10-20)21-11-5-2-6-12-21/h1-6,9-12,22-24H,7-8,13-19H2/p+2/t22-,23-/m1/s1. The topological polar surface area (TPSA) is 46.3 Å². The quantitative estimate of drug-likeness (QED) is 0.701. The number of fused-ring (bicyclic) bond motifs is 1. The number of carbonyl (C=O) groups is 2. The molecule has 2 heterocycles. The highest BCUT2D eigenvalue weighted by atomic mass is 16.2. The van der Waals surface area contributed by atoms with Gasteiger partial charge in [-0.3, -0.25) is 9.59 Å². The van der Waals surface area contributed by atoms with Crippen LogP contribution in [0.15, 0.2) is 60.7 Å². The van der Waals surface area contributed by atoms with Crippen molar-refractivity contribution in [1.82, 2.24) is 4.90 Å². The van der Waals surface area contributed by atoms with Crippen LogP contribution in [0.1, 0.15) is 42.9 Å². The van der Waals surface area contributed by atoms with Gasteiger partial charge in [0.05, 0.1) is 11.8 Å². The molecule has 5 rings (SSSR count). The third kappa shape index (κ3) is 4.04. The maximum Gasteiger partial charge on any atom is 0.237 e. The van der Waals surface area contributed by atoms with Crippen molar-refractivity contribution in [3.63, 3.8) is 0 Å². The van der Waals surface area contributed by atoms with E-state index in [1.165, 1.54) is 16.0 Å². The van der Waals surface area contributed by atoms with E-state index in [0.717, 1.165) is 51.9 Å². The minimum absolute atomic E-state index is 0.0342. The lowest BCUT2D eigenvalue weighted by atomic mass is 9.81. The summed E-state index contributed by atoms with van der Waals surface area (Å²) in [6.07, 6.45) is 3.97. The van der Waals surface area contributed by atoms with Gasteiger partial charge >= 0.3 is 0 Å². The summed E-state index contributed by atoms with van der Waals surface area (Å²) >= 11 is 0. The Kier molecular flexibility index (Phi) is 5.88. The van der Waals surface area contributed by atoms with Crippen LogP contribution in [0.2, 0.25) is 0 Å². The molecule has 3 aliphatic rings. The van der Waals surface area contributed by atoms with Gasteiger partial charge in [0.2, 0.25) is 11.8 Å². The lowest BCUT2D eigenvalue weighted by molar-refractivity contribution is -1.03. The molecule has 5 nitrogen and oxygen atoms in total. The molecule has 31 heavy (non-hydrogen) atoms. The van der Waals surface area contributed by atoms with Crippen LogP contribution in [0.4, 0.5) is 0 Å². The molecule has 5 heteroatoms. The lowest BCUT2D eigenvalue weighted by Crippen LogP contribution is -3.28. The summed E-state index contributed by atoms with van der Waals surface area (Å²) in [5, 5.41) is 0. The Morgan fingerprint density at radius 3 is 1.71 bits per heavy atom. The van der Waals surface area contributed by atoms with Crippen LogP contribution in [0.3, 0.4) is 0 Å². The molecule has 1 saturated carbocycles. The summed E-state index contributed by atoms with van der Waals surface area (Å²) in [6, 6.07) is 21.9. The molecule has 0 spiro atoms. The fourth-order valence-corrected chi connectivity index (χ4v) is 5.94. The minimum atomic E-state index is -0.0342. The summed E-state index contributed by atoms with van der Waals surface area (Å²) in [5.41, 5.74) is 2.70. The number of piperazine rings is 1. The predicted molar refractivity (Wildman–Crippen MR) is 118 cm³/mol. The summed E-state index contributed by atoms with van der Waals surface area (Å²) in [6.45, 7) is 4.59. The molecule has 2 aliphatic heterocycles. The Morgan fingerprint density at radius 2 is 1.23 bits per heavy atom. The van der Waals surface area contributed by atoms with Crippen LogP contribution in [0, 0.1) is 11.8 Å². The van der Waals surface area contributed by atoms with Crippen molar-refractivity contribution in [2.75, 3.05) is 32.8 Å². The van der Waals surface area contributed by atoms with Gasteiger partial charge < -0.3 is 9.80 Å². The van der Waals surface area contributed by atoms with Crippen LogP contribution in [0.25, 0.3) is 0 Å². The summed E-state index contributed by atoms with van der Waals surface area (Å²) in [7, 11) is 0. The smallest absolute Gasteiger partial charge is 0.237 e. The van der Waals surface area contributed by atoms with Crippen LogP contribution in [0.5, 0.6) is 0 Å². The molecule has 2 aromatic carbocycles. The molecule has 0 aromatic heterocycles. The number of hydrogen-bond acceptors (Lipinski definition) is 2. The zero-order valence-corrected chi connectivity index (χ0v) is 18.1. The number of likely N-dealkylation sites (tertiary alicyclic amines) is 1. The zero-order valence-electron chi connectivity index (χ0n) is 18.1. The number of hydrogen-bond donors (Lipinski definition) is 2. The van der Waals surface area contributed by atoms with Gasteiger partial charge in [-0.15, -0.1) is 0 Å². The largest absolute Gasteiger partial charge is 0.316 e. The second-order valence-electron chi connectivity index (χ2n) is 9.42. The van der Waals surface area contributed by atoms with E-state index >= 15 is 0 Å². The molecule has 2 saturated heterocycles. The molecule has 3 fully saturated rings. The molecule has 2 atom stereocenters. The van der Waals surface area contributed by atoms with Crippen LogP contribution >= 0.6 is 0 Å². The van der Waals surface area contributed by atoms with Crippen LogP contribution < -0.4 is 9.80 Å². The van der Waals surface area contributed by atoms with E-state index in [4.69, 9.17) is 0 Å². The van der Waals surface area contributed by atoms with Crippen molar-refractivity contribution in [2.45, 2.75) is 31.7 Å². The zero-order chi connectivity index (χ0) is 21.2. The maximum atomic E-state index is 12.9. The molecule has 0 radical (unpaired) electrons. The van der Waals surface area contributed by atoms with Crippen molar-refractivity contribution < 1.29 is 19.4 Å². The van der Waals surface area contributed by atoms with Crippen molar-refractivity contribution in [2.24, 2.45) is 11.8 Å². The van der Waals surface area contributed by atoms with E-state index in [2.05, 4.69) is 60.7 Å². The first-order valence-corrected chi connectivity index (χ1v) is 11.9. The third-order valence-corrected chi connectivity index (χ3v) is 7.59. The Balaban J connectivity index is 1.26. The number of imide groups is 1. The van der Waals surface area contributed by atoms with Crippen molar-refractivity contribution >= 4 is 11.8 Å². The Morgan fingerprint density at radius 1 is 0.742 bits per heavy atom. The number of nitrogens with zero attached hydrogens (tertiary/aromatic N) is 1. The second kappa shape index (κ2) is 8.93. The molecule has 2 aromatic rings. The third-order valence-electron chi connectivity index (χ3n) is 7.59. The number of nitrogens with one attached hydrogen (secondary N) is 2. The van der Waals surface area contributed by atoms with Gasteiger partial charge in [0.15, 0.2) is 6.67 Å². The van der Waals surface area contributed by atoms with Gasteiger partial charge in [0, 0.05) is 11.1 Å². The first-order chi connectivity index (χ1) is 15.2. The number of benzene rings is 2. The SMILES string of the molecule is O=C1[C@@H]2CCCC[C@H]2C(=O)N1C[NH+]1CC[NH+](C(c2ccccc2)c2ccccc2)CC1. The maximum absolute atomic E-state index is 12.9. The fraction of sp³-hybridized carbons (Fsp3) is 0.462. The number of amides is 2. The predicted octanol–water partition coefficient (Wildman–Crippen LogP) is 0.692. The minimum Gasteiger partial charge on any atom is -0.316 e. The van der Waals surface area contributed by atoms with E-state index in [0.29, 0.717) is 12.7 Å².